The van der Waals surface area contributed by atoms with E-state index < -0.39 is 28.6 Å². The van der Waals surface area contributed by atoms with Gasteiger partial charge in [-0.1, -0.05) is 6.92 Å². The minimum absolute atomic E-state index is 0.104. The Balaban J connectivity index is 1.89. The molecule has 0 atom stereocenters. The molecule has 1 aliphatic rings. The maximum absolute atomic E-state index is 13.0. The third kappa shape index (κ3) is 4.73. The zero-order valence-electron chi connectivity index (χ0n) is 16.5. The number of hydrogen-bond donors (Lipinski definition) is 0. The van der Waals surface area contributed by atoms with Gasteiger partial charge in [0.15, 0.2) is 6.61 Å². The fraction of sp³-hybridized carbons (Fsp3) is 0.450. The summed E-state index contributed by atoms with van der Waals surface area (Å²) in [6.45, 7) is 4.39. The number of rotatable bonds is 6. The van der Waals surface area contributed by atoms with Crippen LogP contribution in [0.3, 0.4) is 0 Å². The second-order valence-corrected chi connectivity index (χ2v) is 8.94. The fourth-order valence-electron chi connectivity index (χ4n) is 3.24. The predicted molar refractivity (Wildman–Crippen MR) is 106 cm³/mol. The van der Waals surface area contributed by atoms with Gasteiger partial charge in [-0.2, -0.15) is 4.31 Å². The quantitative estimate of drug-likeness (QED) is 0.661. The highest BCUT2D eigenvalue weighted by Crippen LogP contribution is 2.27. The summed E-state index contributed by atoms with van der Waals surface area (Å²) in [6, 6.07) is 5.94. The first-order chi connectivity index (χ1) is 13.8. The lowest BCUT2D eigenvalue weighted by Crippen LogP contribution is -2.37. The van der Waals surface area contributed by atoms with Gasteiger partial charge in [-0.3, -0.25) is 4.98 Å². The number of ether oxygens (including phenoxy) is 2. The van der Waals surface area contributed by atoms with Crippen molar-refractivity contribution in [3.63, 3.8) is 0 Å². The standard InChI is InChI=1S/C20H24N2O6S/c1-3-27-19(23)13-28-20(24)16-6-9-21-18-5-4-15(12-17(16)18)29(25,26)22-10-7-14(2)8-11-22/h4-6,9,12,14H,3,7-8,10-11,13H2,1-2H3. The van der Waals surface area contributed by atoms with Crippen LogP contribution in [0.2, 0.25) is 0 Å². The number of fused-ring (bicyclic) bond motifs is 1. The summed E-state index contributed by atoms with van der Waals surface area (Å²) >= 11 is 0. The summed E-state index contributed by atoms with van der Waals surface area (Å²) in [5, 5.41) is 0.354. The average molecular weight is 420 g/mol. The van der Waals surface area contributed by atoms with Crippen LogP contribution in [-0.2, 0) is 24.3 Å². The maximum Gasteiger partial charge on any atom is 0.344 e. The van der Waals surface area contributed by atoms with Crippen molar-refractivity contribution >= 4 is 32.9 Å². The van der Waals surface area contributed by atoms with E-state index >= 15 is 0 Å². The lowest BCUT2D eigenvalue weighted by molar-refractivity contribution is -0.146. The highest BCUT2D eigenvalue weighted by Gasteiger charge is 2.28. The van der Waals surface area contributed by atoms with E-state index in [2.05, 4.69) is 11.9 Å². The van der Waals surface area contributed by atoms with Crippen LogP contribution >= 0.6 is 0 Å². The highest BCUT2D eigenvalue weighted by molar-refractivity contribution is 7.89. The van der Waals surface area contributed by atoms with Crippen molar-refractivity contribution in [3.8, 4) is 0 Å². The second-order valence-electron chi connectivity index (χ2n) is 7.01. The first-order valence-electron chi connectivity index (χ1n) is 9.54. The number of benzene rings is 1. The van der Waals surface area contributed by atoms with Crippen molar-refractivity contribution in [1.82, 2.24) is 9.29 Å². The van der Waals surface area contributed by atoms with Crippen LogP contribution in [0, 0.1) is 5.92 Å². The van der Waals surface area contributed by atoms with Gasteiger partial charge in [0.05, 0.1) is 22.6 Å². The molecule has 1 fully saturated rings. The Labute approximate surface area is 169 Å². The highest BCUT2D eigenvalue weighted by atomic mass is 32.2. The minimum Gasteiger partial charge on any atom is -0.463 e. The van der Waals surface area contributed by atoms with Crippen LogP contribution in [-0.4, -0.2) is 55.9 Å². The average Bonchev–Trinajstić information content (AvgIpc) is 2.71. The number of carbonyl (C=O) groups is 2. The molecule has 156 valence electrons. The molecule has 0 amide bonds. The summed E-state index contributed by atoms with van der Waals surface area (Å²) in [6.07, 6.45) is 3.07. The van der Waals surface area contributed by atoms with E-state index in [0.29, 0.717) is 29.9 Å². The Kier molecular flexibility index (Phi) is 6.49. The lowest BCUT2D eigenvalue weighted by Gasteiger charge is -2.29. The molecule has 9 heteroatoms. The number of nitrogens with zero attached hydrogens (tertiary/aromatic N) is 2. The van der Waals surface area contributed by atoms with Crippen LogP contribution < -0.4 is 0 Å². The minimum atomic E-state index is -3.67. The Morgan fingerprint density at radius 3 is 2.59 bits per heavy atom. The molecule has 1 saturated heterocycles. The number of esters is 2. The first-order valence-corrected chi connectivity index (χ1v) is 11.0. The molecule has 0 bridgehead atoms. The van der Waals surface area contributed by atoms with Crippen molar-refractivity contribution in [2.45, 2.75) is 31.6 Å². The number of carbonyl (C=O) groups excluding carboxylic acids is 2. The van der Waals surface area contributed by atoms with E-state index in [1.165, 1.54) is 28.7 Å². The molecule has 1 aromatic heterocycles. The molecule has 1 aliphatic heterocycles. The van der Waals surface area contributed by atoms with Gasteiger partial charge in [-0.15, -0.1) is 0 Å². The van der Waals surface area contributed by atoms with E-state index in [1.54, 1.807) is 13.0 Å². The molecule has 0 aliphatic carbocycles. The van der Waals surface area contributed by atoms with E-state index in [9.17, 15) is 18.0 Å². The topological polar surface area (TPSA) is 103 Å². The van der Waals surface area contributed by atoms with Crippen molar-refractivity contribution in [3.05, 3.63) is 36.0 Å². The Morgan fingerprint density at radius 2 is 1.90 bits per heavy atom. The zero-order valence-corrected chi connectivity index (χ0v) is 17.3. The Morgan fingerprint density at radius 1 is 1.17 bits per heavy atom. The van der Waals surface area contributed by atoms with Gasteiger partial charge in [-0.25, -0.2) is 18.0 Å². The zero-order chi connectivity index (χ0) is 21.0. The molecule has 0 spiro atoms. The third-order valence-corrected chi connectivity index (χ3v) is 6.83. The van der Waals surface area contributed by atoms with Crippen molar-refractivity contribution in [1.29, 1.82) is 0 Å². The monoisotopic (exact) mass is 420 g/mol. The van der Waals surface area contributed by atoms with Crippen LogP contribution in [0.15, 0.2) is 35.4 Å². The molecule has 2 heterocycles. The summed E-state index contributed by atoms with van der Waals surface area (Å²) in [4.78, 5) is 28.2. The lowest BCUT2D eigenvalue weighted by atomic mass is 10.0. The van der Waals surface area contributed by atoms with Crippen molar-refractivity contribution < 1.29 is 27.5 Å². The number of pyridine rings is 1. The van der Waals surface area contributed by atoms with Crippen LogP contribution in [0.25, 0.3) is 10.9 Å². The molecule has 1 aromatic carbocycles. The van der Waals surface area contributed by atoms with Crippen LogP contribution in [0.4, 0.5) is 0 Å². The Hall–Kier alpha value is -2.52. The van der Waals surface area contributed by atoms with E-state index in [-0.39, 0.29) is 17.1 Å². The van der Waals surface area contributed by atoms with E-state index in [0.717, 1.165) is 12.8 Å². The smallest absolute Gasteiger partial charge is 0.344 e. The van der Waals surface area contributed by atoms with Crippen LogP contribution in [0.1, 0.15) is 37.0 Å². The molecule has 3 rings (SSSR count). The van der Waals surface area contributed by atoms with Gasteiger partial charge in [0.1, 0.15) is 0 Å². The number of aromatic nitrogens is 1. The van der Waals surface area contributed by atoms with Gasteiger partial charge in [-0.05, 0) is 49.9 Å². The predicted octanol–water partition coefficient (Wildman–Crippen LogP) is 2.38. The van der Waals surface area contributed by atoms with Gasteiger partial charge < -0.3 is 9.47 Å². The number of hydrogen-bond acceptors (Lipinski definition) is 7. The molecule has 0 saturated carbocycles. The summed E-state index contributed by atoms with van der Waals surface area (Å²) in [5.41, 5.74) is 0.602. The van der Waals surface area contributed by atoms with Gasteiger partial charge >= 0.3 is 11.9 Å². The molecular weight excluding hydrogens is 396 g/mol. The van der Waals surface area contributed by atoms with Crippen LogP contribution in [0.5, 0.6) is 0 Å². The molecule has 0 radical (unpaired) electrons. The van der Waals surface area contributed by atoms with E-state index in [1.807, 2.05) is 0 Å². The second kappa shape index (κ2) is 8.87. The molecule has 2 aromatic rings. The molecule has 0 N–H and O–H groups in total. The number of sulfonamides is 1. The van der Waals surface area contributed by atoms with Gasteiger partial charge in [0.25, 0.3) is 0 Å². The molecular formula is C20H24N2O6S. The fourth-order valence-corrected chi connectivity index (χ4v) is 4.74. The van der Waals surface area contributed by atoms with E-state index in [4.69, 9.17) is 9.47 Å². The third-order valence-electron chi connectivity index (χ3n) is 4.94. The molecule has 0 unspecified atom stereocenters. The Bertz CT molecular complexity index is 1010. The SMILES string of the molecule is CCOC(=O)COC(=O)c1ccnc2ccc(S(=O)(=O)N3CCC(C)CC3)cc12. The maximum atomic E-state index is 13.0. The summed E-state index contributed by atoms with van der Waals surface area (Å²) in [7, 11) is -3.67. The first kappa shape index (κ1) is 21.2. The van der Waals surface area contributed by atoms with Crippen molar-refractivity contribution in [2.75, 3.05) is 26.3 Å². The summed E-state index contributed by atoms with van der Waals surface area (Å²) in [5.74, 6) is -0.892. The largest absolute Gasteiger partial charge is 0.463 e. The van der Waals surface area contributed by atoms with Crippen molar-refractivity contribution in [2.24, 2.45) is 5.92 Å². The molecule has 8 nitrogen and oxygen atoms in total. The van der Waals surface area contributed by atoms with Gasteiger partial charge in [0, 0.05) is 24.7 Å². The molecule has 29 heavy (non-hydrogen) atoms. The summed E-state index contributed by atoms with van der Waals surface area (Å²) < 4.78 is 37.3. The normalized spacial score (nSPS) is 15.9. The number of piperidine rings is 1. The van der Waals surface area contributed by atoms with Gasteiger partial charge in [0.2, 0.25) is 10.0 Å².